The molecule has 1 aromatic rings. The van der Waals surface area contributed by atoms with Gasteiger partial charge in [-0.25, -0.2) is 14.8 Å². The largest absolute Gasteiger partial charge is 0.347 e. The quantitative estimate of drug-likeness (QED) is 0.819. The zero-order valence-electron chi connectivity index (χ0n) is 14.1. The summed E-state index contributed by atoms with van der Waals surface area (Å²) in [7, 11) is 3.78. The van der Waals surface area contributed by atoms with Crippen molar-refractivity contribution in [1.29, 1.82) is 0 Å². The average molecular weight is 317 g/mol. The summed E-state index contributed by atoms with van der Waals surface area (Å²) in [6, 6.07) is 1.68. The number of hydrogen-bond donors (Lipinski definition) is 2. The summed E-state index contributed by atoms with van der Waals surface area (Å²) in [6.07, 6.45) is 12.0. The lowest BCUT2D eigenvalue weighted by Gasteiger charge is -2.18. The summed E-state index contributed by atoms with van der Waals surface area (Å²) < 4.78 is 0. The van der Waals surface area contributed by atoms with Gasteiger partial charge in [0.05, 0.1) is 12.2 Å². The Hall–Kier alpha value is -2.11. The van der Waals surface area contributed by atoms with E-state index < -0.39 is 0 Å². The Balaban J connectivity index is 1.72. The van der Waals surface area contributed by atoms with E-state index in [0.717, 1.165) is 31.5 Å². The van der Waals surface area contributed by atoms with Gasteiger partial charge in [-0.15, -0.1) is 0 Å². The molecule has 0 fully saturated rings. The van der Waals surface area contributed by atoms with Crippen LogP contribution >= 0.6 is 0 Å². The number of aromatic nitrogens is 2. The molecule has 2 amide bonds. The number of carbonyl (C=O) groups excluding carboxylic acids is 1. The number of urea groups is 1. The van der Waals surface area contributed by atoms with E-state index >= 15 is 0 Å². The molecule has 6 nitrogen and oxygen atoms in total. The van der Waals surface area contributed by atoms with Crippen LogP contribution in [0.15, 0.2) is 24.4 Å². The molecule has 1 heterocycles. The van der Waals surface area contributed by atoms with Crippen molar-refractivity contribution < 1.29 is 4.79 Å². The first-order valence-corrected chi connectivity index (χ1v) is 8.31. The zero-order chi connectivity index (χ0) is 16.5. The monoisotopic (exact) mass is 317 g/mol. The molecule has 2 rings (SSSR count). The van der Waals surface area contributed by atoms with Gasteiger partial charge in [0.25, 0.3) is 0 Å². The third-order valence-electron chi connectivity index (χ3n) is 3.97. The van der Waals surface area contributed by atoms with E-state index in [1.165, 1.54) is 12.8 Å². The Morgan fingerprint density at radius 2 is 2.09 bits per heavy atom. The van der Waals surface area contributed by atoms with Crippen molar-refractivity contribution in [2.45, 2.75) is 38.6 Å². The number of nitrogens with zero attached hydrogens (tertiary/aromatic N) is 3. The Kier molecular flexibility index (Phi) is 6.84. The third kappa shape index (κ3) is 6.26. The SMILES string of the molecule is CN(C)c1nccc(CNC(=O)NCC2CC/C=C\CCC2)n1. The molecule has 1 aromatic heterocycles. The highest BCUT2D eigenvalue weighted by Crippen LogP contribution is 2.17. The molecule has 23 heavy (non-hydrogen) atoms. The van der Waals surface area contributed by atoms with E-state index in [1.807, 2.05) is 25.1 Å². The van der Waals surface area contributed by atoms with Gasteiger partial charge in [0.1, 0.15) is 0 Å². The van der Waals surface area contributed by atoms with Crippen LogP contribution in [-0.2, 0) is 6.54 Å². The number of hydrogen-bond acceptors (Lipinski definition) is 4. The van der Waals surface area contributed by atoms with Gasteiger partial charge < -0.3 is 15.5 Å². The van der Waals surface area contributed by atoms with Crippen LogP contribution in [0.3, 0.4) is 0 Å². The van der Waals surface area contributed by atoms with Crippen LogP contribution in [0, 0.1) is 5.92 Å². The second-order valence-electron chi connectivity index (χ2n) is 6.15. The Morgan fingerprint density at radius 3 is 2.91 bits per heavy atom. The highest BCUT2D eigenvalue weighted by Gasteiger charge is 2.11. The van der Waals surface area contributed by atoms with E-state index in [9.17, 15) is 4.79 Å². The first-order chi connectivity index (χ1) is 11.1. The minimum atomic E-state index is -0.132. The molecule has 2 N–H and O–H groups in total. The van der Waals surface area contributed by atoms with Crippen molar-refractivity contribution >= 4 is 12.0 Å². The van der Waals surface area contributed by atoms with Gasteiger partial charge in [-0.2, -0.15) is 0 Å². The molecule has 0 aromatic carbocycles. The number of carbonyl (C=O) groups is 1. The molecule has 0 radical (unpaired) electrons. The van der Waals surface area contributed by atoms with Crippen LogP contribution in [0.4, 0.5) is 10.7 Å². The molecule has 0 aliphatic heterocycles. The van der Waals surface area contributed by atoms with Crippen molar-refractivity contribution in [3.05, 3.63) is 30.1 Å². The van der Waals surface area contributed by atoms with E-state index in [2.05, 4.69) is 32.8 Å². The molecular weight excluding hydrogens is 290 g/mol. The number of anilines is 1. The van der Waals surface area contributed by atoms with Crippen molar-refractivity contribution in [3.8, 4) is 0 Å². The van der Waals surface area contributed by atoms with Crippen molar-refractivity contribution in [2.75, 3.05) is 25.5 Å². The number of nitrogens with one attached hydrogen (secondary N) is 2. The molecule has 0 saturated heterocycles. The maximum Gasteiger partial charge on any atom is 0.315 e. The molecule has 6 heteroatoms. The van der Waals surface area contributed by atoms with Crippen LogP contribution in [0.5, 0.6) is 0 Å². The van der Waals surface area contributed by atoms with Crippen molar-refractivity contribution in [3.63, 3.8) is 0 Å². The number of amides is 2. The Bertz CT molecular complexity index is 529. The van der Waals surface area contributed by atoms with Gasteiger partial charge in [-0.3, -0.25) is 0 Å². The normalized spacial score (nSPS) is 19.3. The molecule has 1 aliphatic rings. The van der Waals surface area contributed by atoms with Gasteiger partial charge in [-0.05, 0) is 44.1 Å². The molecule has 0 saturated carbocycles. The maximum absolute atomic E-state index is 11.9. The van der Waals surface area contributed by atoms with Crippen LogP contribution in [-0.4, -0.2) is 36.6 Å². The molecule has 0 spiro atoms. The lowest BCUT2D eigenvalue weighted by Crippen LogP contribution is -2.38. The highest BCUT2D eigenvalue weighted by molar-refractivity contribution is 5.73. The molecule has 126 valence electrons. The number of allylic oxidation sites excluding steroid dienone is 2. The summed E-state index contributed by atoms with van der Waals surface area (Å²) in [4.78, 5) is 22.3. The summed E-state index contributed by atoms with van der Waals surface area (Å²) in [5.41, 5.74) is 0.801. The first kappa shape index (κ1) is 17.2. The highest BCUT2D eigenvalue weighted by atomic mass is 16.2. The lowest BCUT2D eigenvalue weighted by atomic mass is 9.94. The minimum Gasteiger partial charge on any atom is -0.347 e. The van der Waals surface area contributed by atoms with Gasteiger partial charge >= 0.3 is 6.03 Å². The van der Waals surface area contributed by atoms with E-state index in [1.54, 1.807) is 6.20 Å². The third-order valence-corrected chi connectivity index (χ3v) is 3.97. The lowest BCUT2D eigenvalue weighted by molar-refractivity contribution is 0.237. The average Bonchev–Trinajstić information content (AvgIpc) is 2.52. The van der Waals surface area contributed by atoms with Crippen molar-refractivity contribution in [2.24, 2.45) is 5.92 Å². The van der Waals surface area contributed by atoms with Crippen molar-refractivity contribution in [1.82, 2.24) is 20.6 Å². The number of rotatable bonds is 5. The molecule has 1 unspecified atom stereocenters. The van der Waals surface area contributed by atoms with Crippen LogP contribution in [0.2, 0.25) is 0 Å². The van der Waals surface area contributed by atoms with Gasteiger partial charge in [0, 0.05) is 26.8 Å². The van der Waals surface area contributed by atoms with Gasteiger partial charge in [0.15, 0.2) is 0 Å². The fraction of sp³-hybridized carbons (Fsp3) is 0.588. The summed E-state index contributed by atoms with van der Waals surface area (Å²) in [6.45, 7) is 1.15. The van der Waals surface area contributed by atoms with Gasteiger partial charge in [-0.1, -0.05) is 12.2 Å². The standard InChI is InChI=1S/C17H27N5O/c1-22(2)16-18-11-10-15(21-16)13-20-17(23)19-12-14-8-6-4-3-5-7-9-14/h3-4,10-11,14H,5-9,12-13H2,1-2H3,(H2,19,20,23)/b4-3-. The second kappa shape index (κ2) is 9.12. The second-order valence-corrected chi connectivity index (χ2v) is 6.15. The van der Waals surface area contributed by atoms with Crippen LogP contribution in [0.1, 0.15) is 37.8 Å². The van der Waals surface area contributed by atoms with Crippen LogP contribution < -0.4 is 15.5 Å². The molecular formula is C17H27N5O. The van der Waals surface area contributed by atoms with E-state index in [-0.39, 0.29) is 6.03 Å². The molecule has 0 bridgehead atoms. The molecule has 1 aliphatic carbocycles. The summed E-state index contributed by atoms with van der Waals surface area (Å²) in [5.74, 6) is 1.22. The van der Waals surface area contributed by atoms with Crippen LogP contribution in [0.25, 0.3) is 0 Å². The molecule has 1 atom stereocenters. The fourth-order valence-electron chi connectivity index (χ4n) is 2.61. The summed E-state index contributed by atoms with van der Waals surface area (Å²) in [5, 5.41) is 5.84. The predicted octanol–water partition coefficient (Wildman–Crippen LogP) is 2.48. The Morgan fingerprint density at radius 1 is 1.26 bits per heavy atom. The van der Waals surface area contributed by atoms with Gasteiger partial charge in [0.2, 0.25) is 5.95 Å². The predicted molar refractivity (Wildman–Crippen MR) is 92.3 cm³/mol. The fourth-order valence-corrected chi connectivity index (χ4v) is 2.61. The van der Waals surface area contributed by atoms with E-state index in [0.29, 0.717) is 18.4 Å². The zero-order valence-corrected chi connectivity index (χ0v) is 14.1. The van der Waals surface area contributed by atoms with E-state index in [4.69, 9.17) is 0 Å². The summed E-state index contributed by atoms with van der Waals surface area (Å²) >= 11 is 0. The first-order valence-electron chi connectivity index (χ1n) is 8.31. The topological polar surface area (TPSA) is 70.2 Å². The Labute approximate surface area is 138 Å². The smallest absolute Gasteiger partial charge is 0.315 e. The minimum absolute atomic E-state index is 0.132. The maximum atomic E-state index is 11.9.